The van der Waals surface area contributed by atoms with Gasteiger partial charge in [-0.25, -0.2) is 13.1 Å². The zero-order chi connectivity index (χ0) is 20.0. The fourth-order valence-corrected chi connectivity index (χ4v) is 3.16. The first-order valence-corrected chi connectivity index (χ1v) is 10.0. The molecule has 0 saturated heterocycles. The van der Waals surface area contributed by atoms with Crippen LogP contribution in [0.15, 0.2) is 29.2 Å². The van der Waals surface area contributed by atoms with Crippen molar-refractivity contribution in [3.8, 4) is 0 Å². The van der Waals surface area contributed by atoms with Gasteiger partial charge in [0.2, 0.25) is 10.0 Å². The number of benzene rings is 1. The van der Waals surface area contributed by atoms with Crippen LogP contribution in [0.5, 0.6) is 0 Å². The van der Waals surface area contributed by atoms with Gasteiger partial charge in [-0.1, -0.05) is 32.9 Å². The molecule has 0 fully saturated rings. The molecule has 0 radical (unpaired) electrons. The summed E-state index contributed by atoms with van der Waals surface area (Å²) in [6, 6.07) is 6.63. The Kier molecular flexibility index (Phi) is 7.77. The lowest BCUT2D eigenvalue weighted by molar-refractivity contribution is -0.154. The van der Waals surface area contributed by atoms with Crippen LogP contribution in [0.2, 0.25) is 0 Å². The third-order valence-electron chi connectivity index (χ3n) is 3.68. The number of carbonyl (C=O) groups is 2. The van der Waals surface area contributed by atoms with Crippen LogP contribution in [0.25, 0.3) is 0 Å². The Morgan fingerprint density at radius 1 is 1.15 bits per heavy atom. The molecule has 2 N–H and O–H groups in total. The fourth-order valence-electron chi connectivity index (χ4n) is 2.13. The van der Waals surface area contributed by atoms with Crippen LogP contribution in [0.3, 0.4) is 0 Å². The lowest BCUT2D eigenvalue weighted by Gasteiger charge is -2.19. The molecule has 1 aromatic rings. The summed E-state index contributed by atoms with van der Waals surface area (Å²) >= 11 is 0. The summed E-state index contributed by atoms with van der Waals surface area (Å²) < 4.78 is 31.8. The molecule has 146 valence electrons. The first kappa shape index (κ1) is 22.1. The maximum atomic E-state index is 12.3. The Labute approximate surface area is 155 Å². The summed E-state index contributed by atoms with van der Waals surface area (Å²) in [5.41, 5.74) is 0.958. The number of likely N-dealkylation sites (N-methyl/N-ethyl adjacent to an activating group) is 1. The van der Waals surface area contributed by atoms with E-state index in [0.717, 1.165) is 5.56 Å². The molecule has 0 unspecified atom stereocenters. The molecule has 0 aliphatic carbocycles. The van der Waals surface area contributed by atoms with Gasteiger partial charge < -0.3 is 10.1 Å². The summed E-state index contributed by atoms with van der Waals surface area (Å²) in [7, 11) is -3.71. The van der Waals surface area contributed by atoms with Crippen molar-refractivity contribution in [1.82, 2.24) is 10.0 Å². The normalized spacial score (nSPS) is 13.1. The van der Waals surface area contributed by atoms with Crippen LogP contribution < -0.4 is 10.0 Å². The number of rotatable bonds is 8. The molecule has 0 spiro atoms. The van der Waals surface area contributed by atoms with E-state index in [1.165, 1.54) is 6.92 Å². The summed E-state index contributed by atoms with van der Waals surface area (Å²) in [5.74, 6) is -1.03. The average Bonchev–Trinajstić information content (AvgIpc) is 2.54. The molecule has 0 bridgehead atoms. The van der Waals surface area contributed by atoms with E-state index >= 15 is 0 Å². The van der Waals surface area contributed by atoms with Crippen LogP contribution in [-0.2, 0) is 29.8 Å². The molecule has 1 aromatic carbocycles. The number of hydrogen-bond donors (Lipinski definition) is 2. The Morgan fingerprint density at radius 2 is 1.73 bits per heavy atom. The molecule has 0 aliphatic rings. The molecular formula is C18H28N2O5S. The smallest absolute Gasteiger partial charge is 0.307 e. The molecule has 8 heteroatoms. The summed E-state index contributed by atoms with van der Waals surface area (Å²) in [6.45, 7) is 9.68. The summed E-state index contributed by atoms with van der Waals surface area (Å²) in [6.07, 6.45) is -1.08. The second-order valence-electron chi connectivity index (χ2n) is 6.95. The van der Waals surface area contributed by atoms with Crippen LogP contribution in [-0.4, -0.2) is 39.5 Å². The van der Waals surface area contributed by atoms with Crippen LogP contribution in [0.4, 0.5) is 0 Å². The second-order valence-corrected chi connectivity index (χ2v) is 8.72. The van der Waals surface area contributed by atoms with Gasteiger partial charge in [0.15, 0.2) is 6.10 Å². The van der Waals surface area contributed by atoms with E-state index in [0.29, 0.717) is 6.54 Å². The molecule has 7 nitrogen and oxygen atoms in total. The second kappa shape index (κ2) is 9.14. The largest absolute Gasteiger partial charge is 0.453 e. The van der Waals surface area contributed by atoms with Crippen molar-refractivity contribution < 1.29 is 22.7 Å². The average molecular weight is 384 g/mol. The topological polar surface area (TPSA) is 102 Å². The van der Waals surface area contributed by atoms with Crippen molar-refractivity contribution in [2.24, 2.45) is 0 Å². The van der Waals surface area contributed by atoms with E-state index in [9.17, 15) is 18.0 Å². The number of esters is 1. The minimum absolute atomic E-state index is 0.0692. The zero-order valence-electron chi connectivity index (χ0n) is 16.0. The van der Waals surface area contributed by atoms with Crippen LogP contribution in [0, 0.1) is 0 Å². The maximum absolute atomic E-state index is 12.3. The fraction of sp³-hybridized carbons (Fsp3) is 0.556. The van der Waals surface area contributed by atoms with E-state index < -0.39 is 22.1 Å². The van der Waals surface area contributed by atoms with Gasteiger partial charge in [0.1, 0.15) is 0 Å². The molecule has 0 heterocycles. The van der Waals surface area contributed by atoms with Gasteiger partial charge in [0.05, 0.1) is 11.3 Å². The van der Waals surface area contributed by atoms with Gasteiger partial charge in [-0.3, -0.25) is 9.59 Å². The van der Waals surface area contributed by atoms with Gasteiger partial charge in [-0.05, 0) is 37.0 Å². The first-order chi connectivity index (χ1) is 12.0. The molecule has 0 aliphatic heterocycles. The van der Waals surface area contributed by atoms with Crippen molar-refractivity contribution in [2.75, 3.05) is 13.1 Å². The van der Waals surface area contributed by atoms with Crippen molar-refractivity contribution in [2.45, 2.75) is 57.5 Å². The molecule has 1 amide bonds. The van der Waals surface area contributed by atoms with E-state index in [2.05, 4.69) is 10.0 Å². The van der Waals surface area contributed by atoms with Gasteiger partial charge in [-0.15, -0.1) is 0 Å². The third kappa shape index (κ3) is 6.76. The Morgan fingerprint density at radius 3 is 2.23 bits per heavy atom. The lowest BCUT2D eigenvalue weighted by Crippen LogP contribution is -2.36. The quantitative estimate of drug-likeness (QED) is 0.665. The molecule has 1 atom stereocenters. The van der Waals surface area contributed by atoms with E-state index in [4.69, 9.17) is 4.74 Å². The van der Waals surface area contributed by atoms with Crippen LogP contribution in [0.1, 0.15) is 46.6 Å². The highest BCUT2D eigenvalue weighted by molar-refractivity contribution is 7.89. The summed E-state index contributed by atoms with van der Waals surface area (Å²) in [5, 5.41) is 2.54. The highest BCUT2D eigenvalue weighted by atomic mass is 32.2. The number of carbonyl (C=O) groups excluding carboxylic acids is 2. The molecule has 26 heavy (non-hydrogen) atoms. The SMILES string of the molecule is CCNC(=O)[C@H](C)OC(=O)CCNS(=O)(=O)c1ccc(C(C)(C)C)cc1. The highest BCUT2D eigenvalue weighted by Crippen LogP contribution is 2.23. The van der Waals surface area contributed by atoms with Crippen molar-refractivity contribution in [3.63, 3.8) is 0 Å². The predicted molar refractivity (Wildman–Crippen MR) is 99.2 cm³/mol. The first-order valence-electron chi connectivity index (χ1n) is 8.54. The van der Waals surface area contributed by atoms with Crippen molar-refractivity contribution >= 4 is 21.9 Å². The maximum Gasteiger partial charge on any atom is 0.307 e. The van der Waals surface area contributed by atoms with Crippen molar-refractivity contribution in [3.05, 3.63) is 29.8 Å². The van der Waals surface area contributed by atoms with Gasteiger partial charge >= 0.3 is 5.97 Å². The standard InChI is InChI=1S/C18H28N2O5S/c1-6-19-17(22)13(2)25-16(21)11-12-20-26(23,24)15-9-7-14(8-10-15)18(3,4)5/h7-10,13,20H,6,11-12H2,1-5H3,(H,19,22)/t13-/m0/s1. The Hall–Kier alpha value is -1.93. The predicted octanol–water partition coefficient (Wildman–Crippen LogP) is 1.72. The minimum atomic E-state index is -3.71. The molecule has 0 aromatic heterocycles. The monoisotopic (exact) mass is 384 g/mol. The number of ether oxygens (including phenoxy) is 1. The molecule has 1 rings (SSSR count). The zero-order valence-corrected chi connectivity index (χ0v) is 16.8. The van der Waals surface area contributed by atoms with E-state index in [-0.39, 0.29) is 29.2 Å². The highest BCUT2D eigenvalue weighted by Gasteiger charge is 2.19. The number of hydrogen-bond acceptors (Lipinski definition) is 5. The number of nitrogens with one attached hydrogen (secondary N) is 2. The van der Waals surface area contributed by atoms with Crippen molar-refractivity contribution in [1.29, 1.82) is 0 Å². The third-order valence-corrected chi connectivity index (χ3v) is 5.16. The number of amides is 1. The Balaban J connectivity index is 2.56. The van der Waals surface area contributed by atoms with Crippen LogP contribution >= 0.6 is 0 Å². The minimum Gasteiger partial charge on any atom is -0.453 e. The molecule has 0 saturated carbocycles. The molecular weight excluding hydrogens is 356 g/mol. The van der Waals surface area contributed by atoms with Gasteiger partial charge in [0.25, 0.3) is 5.91 Å². The summed E-state index contributed by atoms with van der Waals surface area (Å²) in [4.78, 5) is 23.3. The van der Waals surface area contributed by atoms with Gasteiger partial charge in [-0.2, -0.15) is 0 Å². The Bertz CT molecular complexity index is 721. The lowest BCUT2D eigenvalue weighted by atomic mass is 9.87. The van der Waals surface area contributed by atoms with E-state index in [1.807, 2.05) is 20.8 Å². The number of sulfonamides is 1. The van der Waals surface area contributed by atoms with Gasteiger partial charge in [0, 0.05) is 13.1 Å². The van der Waals surface area contributed by atoms with E-state index in [1.54, 1.807) is 31.2 Å².